The lowest BCUT2D eigenvalue weighted by molar-refractivity contribution is 0.433. The molecule has 0 heterocycles. The molecule has 0 bridgehead atoms. The van der Waals surface area contributed by atoms with Crippen molar-refractivity contribution in [2.45, 2.75) is 32.6 Å². The molecule has 0 saturated heterocycles. The van der Waals surface area contributed by atoms with Crippen molar-refractivity contribution in [3.63, 3.8) is 0 Å². The largest absolute Gasteiger partial charge is 0.316 e. The van der Waals surface area contributed by atoms with E-state index in [9.17, 15) is 4.39 Å². The fourth-order valence-electron chi connectivity index (χ4n) is 2.25. The Labute approximate surface area is 121 Å². The van der Waals surface area contributed by atoms with Crippen molar-refractivity contribution >= 4 is 11.8 Å². The molecular weight excluding hydrogens is 257 g/mol. The molecule has 1 nitrogen and oxygen atoms in total. The predicted octanol–water partition coefficient (Wildman–Crippen LogP) is 4.13. The molecule has 3 heteroatoms. The van der Waals surface area contributed by atoms with Gasteiger partial charge in [0.15, 0.2) is 0 Å². The Kier molecular flexibility index (Phi) is 8.93. The molecule has 0 aliphatic heterocycles. The molecule has 1 N–H and O–H groups in total. The van der Waals surface area contributed by atoms with Crippen molar-refractivity contribution in [1.29, 1.82) is 0 Å². The highest BCUT2D eigenvalue weighted by Gasteiger charge is 2.11. The van der Waals surface area contributed by atoms with E-state index in [1.807, 2.05) is 23.9 Å². The first-order valence-electron chi connectivity index (χ1n) is 7.21. The van der Waals surface area contributed by atoms with Crippen molar-refractivity contribution in [2.24, 2.45) is 5.92 Å². The van der Waals surface area contributed by atoms with Crippen molar-refractivity contribution in [3.05, 3.63) is 35.6 Å². The lowest BCUT2D eigenvalue weighted by Crippen LogP contribution is -2.25. The molecule has 1 rings (SSSR count). The van der Waals surface area contributed by atoms with Crippen LogP contribution in [0.4, 0.5) is 4.39 Å². The number of thioether (sulfide) groups is 1. The van der Waals surface area contributed by atoms with Crippen LogP contribution in [0.25, 0.3) is 0 Å². The van der Waals surface area contributed by atoms with Crippen molar-refractivity contribution in [3.8, 4) is 0 Å². The maximum Gasteiger partial charge on any atom is 0.126 e. The Bertz CT molecular complexity index is 333. The number of nitrogens with one attached hydrogen (secondary N) is 1. The van der Waals surface area contributed by atoms with Gasteiger partial charge in [-0.25, -0.2) is 4.39 Å². The number of benzene rings is 1. The fourth-order valence-corrected chi connectivity index (χ4v) is 2.71. The first-order chi connectivity index (χ1) is 9.27. The summed E-state index contributed by atoms with van der Waals surface area (Å²) in [4.78, 5) is 0. The summed E-state index contributed by atoms with van der Waals surface area (Å²) in [6, 6.07) is 7.16. The molecule has 1 unspecified atom stereocenters. The van der Waals surface area contributed by atoms with E-state index >= 15 is 0 Å². The smallest absolute Gasteiger partial charge is 0.126 e. The van der Waals surface area contributed by atoms with Crippen LogP contribution in [0.5, 0.6) is 0 Å². The molecule has 0 saturated carbocycles. The second kappa shape index (κ2) is 10.3. The van der Waals surface area contributed by atoms with E-state index in [1.54, 1.807) is 12.1 Å². The van der Waals surface area contributed by atoms with Gasteiger partial charge in [0, 0.05) is 0 Å². The van der Waals surface area contributed by atoms with Crippen LogP contribution >= 0.6 is 11.8 Å². The lowest BCUT2D eigenvalue weighted by Gasteiger charge is -2.18. The third-order valence-electron chi connectivity index (χ3n) is 3.29. The highest BCUT2D eigenvalue weighted by molar-refractivity contribution is 7.98. The number of halogens is 1. The maximum atomic E-state index is 13.7. The third-order valence-corrected chi connectivity index (χ3v) is 3.98. The Morgan fingerprint density at radius 2 is 2.11 bits per heavy atom. The average Bonchev–Trinajstić information content (AvgIpc) is 2.41. The van der Waals surface area contributed by atoms with Crippen LogP contribution in [-0.2, 0) is 6.42 Å². The van der Waals surface area contributed by atoms with E-state index in [2.05, 4.69) is 18.5 Å². The second-order valence-corrected chi connectivity index (χ2v) is 5.99. The highest BCUT2D eigenvalue weighted by atomic mass is 32.2. The summed E-state index contributed by atoms with van der Waals surface area (Å²) in [5.41, 5.74) is 0.856. The number of hydrogen-bond donors (Lipinski definition) is 1. The fraction of sp³-hybridized carbons (Fsp3) is 0.625. The summed E-state index contributed by atoms with van der Waals surface area (Å²) >= 11 is 1.89. The van der Waals surface area contributed by atoms with Gasteiger partial charge in [0.05, 0.1) is 0 Å². The third kappa shape index (κ3) is 6.98. The second-order valence-electron chi connectivity index (χ2n) is 5.00. The van der Waals surface area contributed by atoms with Gasteiger partial charge in [-0.1, -0.05) is 25.1 Å². The molecule has 0 fully saturated rings. The van der Waals surface area contributed by atoms with Crippen LogP contribution in [0.1, 0.15) is 31.7 Å². The van der Waals surface area contributed by atoms with Crippen molar-refractivity contribution < 1.29 is 4.39 Å². The summed E-state index contributed by atoms with van der Waals surface area (Å²) in [6.45, 7) is 4.22. The molecule has 0 amide bonds. The monoisotopic (exact) mass is 283 g/mol. The SMILES string of the molecule is CCCNCC(CCCSC)Cc1ccccc1F. The van der Waals surface area contributed by atoms with Crippen LogP contribution in [0, 0.1) is 11.7 Å². The molecule has 19 heavy (non-hydrogen) atoms. The Balaban J connectivity index is 2.49. The van der Waals surface area contributed by atoms with E-state index < -0.39 is 0 Å². The highest BCUT2D eigenvalue weighted by Crippen LogP contribution is 2.17. The summed E-state index contributed by atoms with van der Waals surface area (Å²) in [5.74, 6) is 1.67. The molecule has 0 radical (unpaired) electrons. The van der Waals surface area contributed by atoms with Crippen LogP contribution in [0.2, 0.25) is 0 Å². The molecule has 1 aromatic carbocycles. The van der Waals surface area contributed by atoms with E-state index in [0.717, 1.165) is 31.5 Å². The lowest BCUT2D eigenvalue weighted by atomic mass is 9.94. The first-order valence-corrected chi connectivity index (χ1v) is 8.60. The zero-order valence-corrected chi connectivity index (χ0v) is 12.9. The predicted molar refractivity (Wildman–Crippen MR) is 84.4 cm³/mol. The summed E-state index contributed by atoms with van der Waals surface area (Å²) in [6.07, 6.45) is 6.52. The summed E-state index contributed by atoms with van der Waals surface area (Å²) < 4.78 is 13.7. The normalized spacial score (nSPS) is 12.6. The van der Waals surface area contributed by atoms with Crippen molar-refractivity contribution in [2.75, 3.05) is 25.1 Å². The minimum Gasteiger partial charge on any atom is -0.316 e. The van der Waals surface area contributed by atoms with Gasteiger partial charge in [0.25, 0.3) is 0 Å². The van der Waals surface area contributed by atoms with Gasteiger partial charge in [-0.15, -0.1) is 0 Å². The molecule has 1 aromatic rings. The molecule has 1 atom stereocenters. The van der Waals surface area contributed by atoms with Crippen LogP contribution in [0.3, 0.4) is 0 Å². The molecule has 108 valence electrons. The molecule has 0 spiro atoms. The Morgan fingerprint density at radius 1 is 1.32 bits per heavy atom. The quantitative estimate of drug-likeness (QED) is 0.648. The topological polar surface area (TPSA) is 12.0 Å². The zero-order valence-electron chi connectivity index (χ0n) is 12.1. The minimum absolute atomic E-state index is 0.0622. The van der Waals surface area contributed by atoms with Gasteiger partial charge in [0.2, 0.25) is 0 Å². The number of rotatable bonds is 10. The van der Waals surface area contributed by atoms with E-state index in [0.29, 0.717) is 5.92 Å². The summed E-state index contributed by atoms with van der Waals surface area (Å²) in [7, 11) is 0. The van der Waals surface area contributed by atoms with Gasteiger partial charge >= 0.3 is 0 Å². The molecule has 0 aliphatic carbocycles. The zero-order chi connectivity index (χ0) is 13.9. The first kappa shape index (κ1) is 16.5. The van der Waals surface area contributed by atoms with E-state index in [-0.39, 0.29) is 5.82 Å². The Morgan fingerprint density at radius 3 is 2.79 bits per heavy atom. The maximum absolute atomic E-state index is 13.7. The molecule has 0 aliphatic rings. The average molecular weight is 283 g/mol. The standard InChI is InChI=1S/C16H26FNS/c1-3-10-18-13-14(7-6-11-19-2)12-15-8-4-5-9-16(15)17/h4-5,8-9,14,18H,3,6-7,10-13H2,1-2H3. The molecular formula is C16H26FNS. The minimum atomic E-state index is -0.0622. The van der Waals surface area contributed by atoms with Crippen LogP contribution < -0.4 is 5.32 Å². The van der Waals surface area contributed by atoms with E-state index in [4.69, 9.17) is 0 Å². The van der Waals surface area contributed by atoms with Gasteiger partial charge in [-0.3, -0.25) is 0 Å². The van der Waals surface area contributed by atoms with Crippen molar-refractivity contribution in [1.82, 2.24) is 5.32 Å². The van der Waals surface area contributed by atoms with E-state index in [1.165, 1.54) is 18.6 Å². The molecule has 0 aromatic heterocycles. The van der Waals surface area contributed by atoms with Crippen LogP contribution in [0.15, 0.2) is 24.3 Å². The van der Waals surface area contributed by atoms with Gasteiger partial charge < -0.3 is 5.32 Å². The van der Waals surface area contributed by atoms with Crippen LogP contribution in [-0.4, -0.2) is 25.1 Å². The Hall–Kier alpha value is -0.540. The van der Waals surface area contributed by atoms with Gasteiger partial charge in [-0.05, 0) is 68.3 Å². The summed E-state index contributed by atoms with van der Waals surface area (Å²) in [5, 5.41) is 3.47. The van der Waals surface area contributed by atoms with Gasteiger partial charge in [-0.2, -0.15) is 11.8 Å². The number of hydrogen-bond acceptors (Lipinski definition) is 2. The van der Waals surface area contributed by atoms with Gasteiger partial charge in [0.1, 0.15) is 5.82 Å².